The molecule has 1 aliphatic rings. The highest BCUT2D eigenvalue weighted by atomic mass is 33.1. The first-order valence-corrected chi connectivity index (χ1v) is 15.2. The largest absolute Gasteiger partial charge is 0.392 e. The number of unbranched alkanes of at least 4 members (excludes halogenated alkanes) is 2. The zero-order chi connectivity index (χ0) is 29.2. The first-order chi connectivity index (χ1) is 19.3. The lowest BCUT2D eigenvalue weighted by molar-refractivity contribution is -0.137. The fourth-order valence-electron chi connectivity index (χ4n) is 3.32. The van der Waals surface area contributed by atoms with Crippen LogP contribution in [0.5, 0.6) is 0 Å². The van der Waals surface area contributed by atoms with E-state index >= 15 is 0 Å². The smallest absolute Gasteiger partial charge is 0.253 e. The molecule has 12 nitrogen and oxygen atoms in total. The molecule has 1 aromatic carbocycles. The van der Waals surface area contributed by atoms with Crippen LogP contribution in [-0.2, 0) is 35.4 Å². The van der Waals surface area contributed by atoms with E-state index in [9.17, 15) is 28.8 Å². The van der Waals surface area contributed by atoms with Crippen molar-refractivity contribution in [2.45, 2.75) is 43.6 Å². The summed E-state index contributed by atoms with van der Waals surface area (Å²) in [7, 11) is 3.28. The molecule has 0 saturated heterocycles. The molecule has 2 rings (SSSR count). The second-order valence-corrected chi connectivity index (χ2v) is 11.2. The number of aliphatic hydroxyl groups is 1. The maximum Gasteiger partial charge on any atom is 0.253 e. The quantitative estimate of drug-likeness (QED) is 0.0856. The highest BCUT2D eigenvalue weighted by Crippen LogP contribution is 2.31. The number of hydrogen-bond donors (Lipinski definition) is 5. The second-order valence-electron chi connectivity index (χ2n) is 8.71. The Kier molecular flexibility index (Phi) is 15.5. The SMILES string of the molecule is O=C(CCCCCN1C(=O)C=CC1=O)NCC(=O)NCC(=O)NCC(=O)NCCCSSc1ccc(CO)cc1. The molecule has 0 fully saturated rings. The third-order valence-electron chi connectivity index (χ3n) is 5.51. The summed E-state index contributed by atoms with van der Waals surface area (Å²) in [4.78, 5) is 72.6. The molecule has 0 unspecified atom stereocenters. The van der Waals surface area contributed by atoms with E-state index in [1.165, 1.54) is 12.2 Å². The van der Waals surface area contributed by atoms with Crippen molar-refractivity contribution in [2.75, 3.05) is 38.5 Å². The van der Waals surface area contributed by atoms with Gasteiger partial charge in [0.05, 0.1) is 26.2 Å². The Morgan fingerprint density at radius 1 is 0.725 bits per heavy atom. The van der Waals surface area contributed by atoms with Gasteiger partial charge >= 0.3 is 0 Å². The lowest BCUT2D eigenvalue weighted by atomic mass is 10.2. The molecule has 0 aliphatic carbocycles. The number of hydrogen-bond acceptors (Lipinski definition) is 9. The number of carbonyl (C=O) groups excluding carboxylic acids is 6. The van der Waals surface area contributed by atoms with Crippen molar-refractivity contribution in [3.8, 4) is 0 Å². The van der Waals surface area contributed by atoms with Crippen LogP contribution in [0, 0.1) is 0 Å². The van der Waals surface area contributed by atoms with Gasteiger partial charge in [-0.1, -0.05) is 40.1 Å². The van der Waals surface area contributed by atoms with Gasteiger partial charge in [-0.15, -0.1) is 0 Å². The molecule has 1 heterocycles. The number of nitrogens with one attached hydrogen (secondary N) is 4. The van der Waals surface area contributed by atoms with Gasteiger partial charge in [0.15, 0.2) is 0 Å². The summed E-state index contributed by atoms with van der Waals surface area (Å²) in [5, 5.41) is 19.0. The van der Waals surface area contributed by atoms with Crippen LogP contribution >= 0.6 is 21.6 Å². The molecule has 0 radical (unpaired) electrons. The summed E-state index contributed by atoms with van der Waals surface area (Å²) in [6.07, 6.45) is 5.18. The van der Waals surface area contributed by atoms with Gasteiger partial charge in [-0.25, -0.2) is 0 Å². The average Bonchev–Trinajstić information content (AvgIpc) is 3.28. The van der Waals surface area contributed by atoms with E-state index in [2.05, 4.69) is 21.3 Å². The van der Waals surface area contributed by atoms with Crippen LogP contribution in [0.25, 0.3) is 0 Å². The summed E-state index contributed by atoms with van der Waals surface area (Å²) in [6, 6.07) is 7.64. The Balaban J connectivity index is 1.41. The minimum atomic E-state index is -0.536. The third kappa shape index (κ3) is 13.6. The number of rotatable bonds is 19. The Labute approximate surface area is 240 Å². The van der Waals surface area contributed by atoms with Gasteiger partial charge in [-0.05, 0) is 37.0 Å². The fraction of sp³-hybridized carbons (Fsp3) is 0.462. The van der Waals surface area contributed by atoms with E-state index in [0.717, 1.165) is 27.5 Å². The van der Waals surface area contributed by atoms with Gasteiger partial charge in [-0.3, -0.25) is 33.7 Å². The van der Waals surface area contributed by atoms with E-state index in [-0.39, 0.29) is 56.3 Å². The van der Waals surface area contributed by atoms with Crippen molar-refractivity contribution in [1.82, 2.24) is 26.2 Å². The van der Waals surface area contributed by atoms with Crippen molar-refractivity contribution >= 4 is 57.0 Å². The van der Waals surface area contributed by atoms with Gasteiger partial charge in [0.2, 0.25) is 23.6 Å². The van der Waals surface area contributed by atoms with Gasteiger partial charge in [0.1, 0.15) is 0 Å². The fourth-order valence-corrected chi connectivity index (χ4v) is 5.39. The predicted molar refractivity (Wildman–Crippen MR) is 152 cm³/mol. The van der Waals surface area contributed by atoms with E-state index in [4.69, 9.17) is 5.11 Å². The van der Waals surface area contributed by atoms with Gasteiger partial charge < -0.3 is 26.4 Å². The molecule has 0 bridgehead atoms. The minimum Gasteiger partial charge on any atom is -0.392 e. The molecule has 5 N–H and O–H groups in total. The summed E-state index contributed by atoms with van der Waals surface area (Å²) in [5.41, 5.74) is 0.864. The standard InChI is InChI=1S/C26H35N5O7S2/c32-18-19-6-8-20(9-7-19)40-39-14-4-12-27-22(34)15-29-24(36)17-30-23(35)16-28-21(33)5-2-1-3-13-31-25(37)10-11-26(31)38/h6-11,32H,1-5,12-18H2,(H,27,34)(H,28,33)(H,29,36)(H,30,35). The maximum absolute atomic E-state index is 11.9. The molecular formula is C26H35N5O7S2. The predicted octanol–water partition coefficient (Wildman–Crippen LogP) is 0.260. The normalized spacial score (nSPS) is 12.4. The molecule has 14 heteroatoms. The molecule has 0 atom stereocenters. The van der Waals surface area contributed by atoms with Crippen molar-refractivity contribution in [2.24, 2.45) is 0 Å². The number of amides is 6. The minimum absolute atomic E-state index is 0.0189. The first-order valence-electron chi connectivity index (χ1n) is 12.9. The molecule has 1 aliphatic heterocycles. The lowest BCUT2D eigenvalue weighted by Crippen LogP contribution is -2.44. The van der Waals surface area contributed by atoms with Crippen LogP contribution in [0.15, 0.2) is 41.3 Å². The van der Waals surface area contributed by atoms with E-state index in [1.807, 2.05) is 24.3 Å². The number of benzene rings is 1. The van der Waals surface area contributed by atoms with Crippen molar-refractivity contribution in [3.05, 3.63) is 42.0 Å². The van der Waals surface area contributed by atoms with Crippen LogP contribution in [-0.4, -0.2) is 83.9 Å². The van der Waals surface area contributed by atoms with Gasteiger partial charge in [0.25, 0.3) is 11.8 Å². The number of imide groups is 1. The molecule has 1 aromatic rings. The number of aliphatic hydroxyl groups excluding tert-OH is 1. The van der Waals surface area contributed by atoms with Crippen molar-refractivity contribution in [3.63, 3.8) is 0 Å². The highest BCUT2D eigenvalue weighted by Gasteiger charge is 2.22. The highest BCUT2D eigenvalue weighted by molar-refractivity contribution is 8.76. The zero-order valence-corrected chi connectivity index (χ0v) is 23.7. The molecule has 218 valence electrons. The molecular weight excluding hydrogens is 558 g/mol. The molecule has 0 aromatic heterocycles. The Hall–Kier alpha value is -3.36. The summed E-state index contributed by atoms with van der Waals surface area (Å²) >= 11 is 0. The molecule has 6 amide bonds. The van der Waals surface area contributed by atoms with Crippen LogP contribution in [0.4, 0.5) is 0 Å². The number of nitrogens with zero attached hydrogens (tertiary/aromatic N) is 1. The lowest BCUT2D eigenvalue weighted by Gasteiger charge is -2.13. The first kappa shape index (κ1) is 32.8. The van der Waals surface area contributed by atoms with Crippen LogP contribution in [0.3, 0.4) is 0 Å². The van der Waals surface area contributed by atoms with E-state index in [1.54, 1.807) is 21.6 Å². The monoisotopic (exact) mass is 593 g/mol. The van der Waals surface area contributed by atoms with E-state index in [0.29, 0.717) is 32.4 Å². The average molecular weight is 594 g/mol. The maximum atomic E-state index is 11.9. The van der Waals surface area contributed by atoms with Crippen LogP contribution < -0.4 is 21.3 Å². The summed E-state index contributed by atoms with van der Waals surface area (Å²) < 4.78 is 0. The van der Waals surface area contributed by atoms with Crippen molar-refractivity contribution < 1.29 is 33.9 Å². The Morgan fingerprint density at radius 3 is 1.90 bits per heavy atom. The topological polar surface area (TPSA) is 174 Å². The Morgan fingerprint density at radius 2 is 1.30 bits per heavy atom. The Bertz CT molecular complexity index is 1050. The zero-order valence-electron chi connectivity index (χ0n) is 22.1. The summed E-state index contributed by atoms with van der Waals surface area (Å²) in [6.45, 7) is -0.0128. The molecule has 0 spiro atoms. The summed E-state index contributed by atoms with van der Waals surface area (Å²) in [5.74, 6) is -1.55. The van der Waals surface area contributed by atoms with Gasteiger partial charge in [0, 0.05) is 42.3 Å². The third-order valence-corrected chi connectivity index (χ3v) is 7.98. The number of carbonyl (C=O) groups is 6. The second kappa shape index (κ2) is 18.8. The van der Waals surface area contributed by atoms with Crippen LogP contribution in [0.2, 0.25) is 0 Å². The van der Waals surface area contributed by atoms with Crippen LogP contribution in [0.1, 0.15) is 37.7 Å². The van der Waals surface area contributed by atoms with Gasteiger partial charge in [-0.2, -0.15) is 0 Å². The van der Waals surface area contributed by atoms with Crippen molar-refractivity contribution in [1.29, 1.82) is 0 Å². The van der Waals surface area contributed by atoms with E-state index < -0.39 is 11.8 Å². The molecule has 40 heavy (non-hydrogen) atoms. The molecule has 0 saturated carbocycles.